The van der Waals surface area contributed by atoms with Gasteiger partial charge in [-0.1, -0.05) is 39.0 Å². The molecule has 0 radical (unpaired) electrons. The van der Waals surface area contributed by atoms with Crippen LogP contribution in [0.3, 0.4) is 0 Å². The molecule has 12 heteroatoms. The summed E-state index contributed by atoms with van der Waals surface area (Å²) in [7, 11) is 0. The molecule has 2 saturated carbocycles. The van der Waals surface area contributed by atoms with E-state index in [1.165, 1.54) is 32.1 Å². The van der Waals surface area contributed by atoms with Gasteiger partial charge in [-0.3, -0.25) is 9.79 Å². The standard InChI is InChI=1S/C29H47F3N8O/c1-3-22(17-36-23-9-7-5-4-6-8-10-23)26(33)38-21-39-27(24(18-34-2)29(30,31)32)37-19-28(12-13-28)20-40-16-15-35-14-11-25(40)41/h17-18,23,35-36H,2-16,19-21H2,1H3,(H2,33,38)(H,37,39)/b22-17-,24-18+. The number of hydrogen-bond donors (Lipinski definition) is 4. The molecule has 0 spiro atoms. The summed E-state index contributed by atoms with van der Waals surface area (Å²) in [6.45, 7) is 7.58. The van der Waals surface area contributed by atoms with Crippen molar-refractivity contribution in [2.45, 2.75) is 89.8 Å². The van der Waals surface area contributed by atoms with Gasteiger partial charge in [0.2, 0.25) is 5.91 Å². The molecule has 9 nitrogen and oxygen atoms in total. The lowest BCUT2D eigenvalue weighted by Crippen LogP contribution is -2.43. The molecule has 0 aromatic heterocycles. The summed E-state index contributed by atoms with van der Waals surface area (Å²) in [6.07, 6.45) is 8.98. The van der Waals surface area contributed by atoms with E-state index in [0.717, 1.165) is 31.3 Å². The number of hydrogen-bond acceptors (Lipinski definition) is 6. The lowest BCUT2D eigenvalue weighted by Gasteiger charge is -2.27. The molecule has 0 aromatic carbocycles. The Morgan fingerprint density at radius 1 is 1.17 bits per heavy atom. The van der Waals surface area contributed by atoms with E-state index in [0.29, 0.717) is 51.3 Å². The number of nitrogens with one attached hydrogen (secondary N) is 3. The zero-order valence-electron chi connectivity index (χ0n) is 24.4. The monoisotopic (exact) mass is 580 g/mol. The molecule has 1 aliphatic heterocycles. The summed E-state index contributed by atoms with van der Waals surface area (Å²) in [4.78, 5) is 26.1. The maximum absolute atomic E-state index is 13.9. The van der Waals surface area contributed by atoms with Gasteiger partial charge in [-0.2, -0.15) is 13.2 Å². The Kier molecular flexibility index (Phi) is 12.7. The highest BCUT2D eigenvalue weighted by Crippen LogP contribution is 2.46. The van der Waals surface area contributed by atoms with Gasteiger partial charge in [0.25, 0.3) is 0 Å². The second kappa shape index (κ2) is 15.9. The van der Waals surface area contributed by atoms with E-state index < -0.39 is 11.7 Å². The van der Waals surface area contributed by atoms with Crippen LogP contribution in [0.25, 0.3) is 0 Å². The smallest absolute Gasteiger partial charge is 0.388 e. The number of rotatable bonds is 12. The quantitative estimate of drug-likeness (QED) is 0.205. The first-order chi connectivity index (χ1) is 19.7. The van der Waals surface area contributed by atoms with E-state index in [-0.39, 0.29) is 36.2 Å². The average molecular weight is 581 g/mol. The number of carbonyl (C=O) groups excluding carboxylic acids is 1. The van der Waals surface area contributed by atoms with Crippen molar-refractivity contribution in [3.05, 3.63) is 23.5 Å². The molecule has 230 valence electrons. The zero-order valence-corrected chi connectivity index (χ0v) is 24.4. The van der Waals surface area contributed by atoms with Crippen molar-refractivity contribution in [1.82, 2.24) is 20.9 Å². The van der Waals surface area contributed by atoms with Crippen molar-refractivity contribution < 1.29 is 18.0 Å². The van der Waals surface area contributed by atoms with Crippen molar-refractivity contribution >= 4 is 24.3 Å². The molecule has 0 bridgehead atoms. The van der Waals surface area contributed by atoms with Gasteiger partial charge in [-0.05, 0) is 38.8 Å². The van der Waals surface area contributed by atoms with Crippen molar-refractivity contribution in [2.24, 2.45) is 26.1 Å². The van der Waals surface area contributed by atoms with Crippen LogP contribution in [0.2, 0.25) is 0 Å². The Bertz CT molecular complexity index is 993. The van der Waals surface area contributed by atoms with Crippen LogP contribution in [0.15, 0.2) is 38.5 Å². The summed E-state index contributed by atoms with van der Waals surface area (Å²) in [5, 5.41) is 9.60. The van der Waals surface area contributed by atoms with Crippen LogP contribution in [0, 0.1) is 5.41 Å². The highest BCUT2D eigenvalue weighted by Gasteiger charge is 2.46. The number of carbonyl (C=O) groups is 1. The minimum absolute atomic E-state index is 0.0653. The highest BCUT2D eigenvalue weighted by atomic mass is 19.4. The summed E-state index contributed by atoms with van der Waals surface area (Å²) < 4.78 is 41.8. The van der Waals surface area contributed by atoms with Crippen molar-refractivity contribution in [1.29, 1.82) is 0 Å². The summed E-state index contributed by atoms with van der Waals surface area (Å²) in [6, 6.07) is 0.389. The Morgan fingerprint density at radius 3 is 2.51 bits per heavy atom. The fourth-order valence-electron chi connectivity index (χ4n) is 5.31. The lowest BCUT2D eigenvalue weighted by molar-refractivity contribution is -0.131. The molecule has 0 unspecified atom stereocenters. The minimum atomic E-state index is -4.69. The topological polar surface area (TPSA) is 120 Å². The van der Waals surface area contributed by atoms with E-state index >= 15 is 0 Å². The van der Waals surface area contributed by atoms with Crippen molar-refractivity contribution in [3.63, 3.8) is 0 Å². The maximum Gasteiger partial charge on any atom is 0.421 e. The van der Waals surface area contributed by atoms with Gasteiger partial charge in [-0.15, -0.1) is 0 Å². The summed E-state index contributed by atoms with van der Waals surface area (Å²) >= 11 is 0. The van der Waals surface area contributed by atoms with Crippen LogP contribution >= 0.6 is 0 Å². The van der Waals surface area contributed by atoms with Crippen LogP contribution in [-0.2, 0) is 4.79 Å². The molecule has 2 aliphatic carbocycles. The first-order valence-electron chi connectivity index (χ1n) is 14.9. The third kappa shape index (κ3) is 10.8. The predicted octanol–water partition coefficient (Wildman–Crippen LogP) is 4.03. The molecule has 0 aromatic rings. The number of aliphatic imine (C=N–C) groups is 3. The van der Waals surface area contributed by atoms with Crippen LogP contribution < -0.4 is 21.7 Å². The Morgan fingerprint density at radius 2 is 1.88 bits per heavy atom. The van der Waals surface area contributed by atoms with Gasteiger partial charge >= 0.3 is 6.18 Å². The number of halogens is 3. The number of amidine groups is 2. The Balaban J connectivity index is 1.70. The van der Waals surface area contributed by atoms with Gasteiger partial charge < -0.3 is 26.6 Å². The molecule has 3 fully saturated rings. The summed E-state index contributed by atoms with van der Waals surface area (Å²) in [5.41, 5.74) is 5.72. The van der Waals surface area contributed by atoms with Gasteiger partial charge in [-0.25, -0.2) is 9.98 Å². The van der Waals surface area contributed by atoms with Crippen LogP contribution in [0.5, 0.6) is 0 Å². The molecule has 1 amide bonds. The SMILES string of the molecule is C=N/C=C(\C(=N/C/N=C(N)/C(=C\NC1CCCCCCC1)CC)NCC1(CN2CCNCCC2=O)CC1)C(F)(F)F. The lowest BCUT2D eigenvalue weighted by atomic mass is 9.97. The van der Waals surface area contributed by atoms with E-state index in [1.54, 1.807) is 0 Å². The second-order valence-corrected chi connectivity index (χ2v) is 11.3. The fourth-order valence-corrected chi connectivity index (χ4v) is 5.31. The fraction of sp³-hybridized carbons (Fsp3) is 0.724. The zero-order chi connectivity index (χ0) is 29.7. The van der Waals surface area contributed by atoms with Gasteiger partial charge in [0, 0.05) is 68.6 Å². The number of amides is 1. The Labute approximate surface area is 242 Å². The highest BCUT2D eigenvalue weighted by molar-refractivity contribution is 6.00. The largest absolute Gasteiger partial charge is 0.421 e. The molecular weight excluding hydrogens is 533 g/mol. The molecular formula is C29H47F3N8O. The number of nitrogens with two attached hydrogens (primary N) is 1. The molecule has 3 aliphatic rings. The minimum Gasteiger partial charge on any atom is -0.388 e. The third-order valence-electron chi connectivity index (χ3n) is 8.10. The second-order valence-electron chi connectivity index (χ2n) is 11.3. The van der Waals surface area contributed by atoms with E-state index in [9.17, 15) is 18.0 Å². The van der Waals surface area contributed by atoms with Gasteiger partial charge in [0.05, 0.1) is 0 Å². The molecule has 41 heavy (non-hydrogen) atoms. The van der Waals surface area contributed by atoms with E-state index in [2.05, 4.69) is 37.6 Å². The Hall–Kier alpha value is -2.89. The normalized spacial score (nSPS) is 22.0. The predicted molar refractivity (Wildman–Crippen MR) is 159 cm³/mol. The molecule has 3 rings (SSSR count). The first-order valence-corrected chi connectivity index (χ1v) is 14.9. The number of nitrogens with zero attached hydrogens (tertiary/aromatic N) is 4. The third-order valence-corrected chi connectivity index (χ3v) is 8.10. The van der Waals surface area contributed by atoms with E-state index in [4.69, 9.17) is 5.73 Å². The number of alkyl halides is 3. The van der Waals surface area contributed by atoms with Crippen molar-refractivity contribution in [3.8, 4) is 0 Å². The first kappa shape index (κ1) is 32.6. The molecule has 0 atom stereocenters. The average Bonchev–Trinajstić information content (AvgIpc) is 3.71. The van der Waals surface area contributed by atoms with Crippen LogP contribution in [-0.4, -0.2) is 80.8 Å². The van der Waals surface area contributed by atoms with Crippen molar-refractivity contribution in [2.75, 3.05) is 39.4 Å². The van der Waals surface area contributed by atoms with Crippen LogP contribution in [0.4, 0.5) is 13.2 Å². The molecule has 5 N–H and O–H groups in total. The maximum atomic E-state index is 13.9. The van der Waals surface area contributed by atoms with Gasteiger partial charge in [0.1, 0.15) is 23.9 Å². The van der Waals surface area contributed by atoms with Crippen LogP contribution in [0.1, 0.15) is 77.6 Å². The summed E-state index contributed by atoms with van der Waals surface area (Å²) in [5.74, 6) is -0.0398. The van der Waals surface area contributed by atoms with E-state index in [1.807, 2.05) is 18.0 Å². The molecule has 1 saturated heterocycles. The molecule has 1 heterocycles. The van der Waals surface area contributed by atoms with Gasteiger partial charge in [0.15, 0.2) is 0 Å².